The Bertz CT molecular complexity index is 874. The molecule has 1 N–H and O–H groups in total. The molecule has 0 saturated heterocycles. The molecule has 1 aromatic carbocycles. The molecule has 0 spiro atoms. The smallest absolute Gasteiger partial charge is 0.242 e. The highest BCUT2D eigenvalue weighted by atomic mass is 79.9. The van der Waals surface area contributed by atoms with Crippen LogP contribution in [0.25, 0.3) is 10.7 Å². The zero-order valence-corrected chi connectivity index (χ0v) is 15.0. The maximum Gasteiger partial charge on any atom is 0.242 e. The highest BCUT2D eigenvalue weighted by molar-refractivity contribution is 9.10. The number of nitrogens with one attached hydrogen (secondary N) is 1. The Hall–Kier alpha value is -1.55. The van der Waals surface area contributed by atoms with Gasteiger partial charge in [-0.2, -0.15) is 4.98 Å². The Balaban J connectivity index is 1.62. The van der Waals surface area contributed by atoms with E-state index in [0.29, 0.717) is 11.4 Å². The molecule has 2 heterocycles. The van der Waals surface area contributed by atoms with Crippen molar-refractivity contribution >= 4 is 37.3 Å². The van der Waals surface area contributed by atoms with Crippen molar-refractivity contribution in [2.45, 2.75) is 12.3 Å². The molecule has 0 amide bonds. The fourth-order valence-electron chi connectivity index (χ4n) is 1.86. The Morgan fingerprint density at radius 3 is 2.70 bits per heavy atom. The molecule has 9 heteroatoms. The number of benzene rings is 1. The second kappa shape index (κ2) is 6.91. The third-order valence-electron chi connectivity index (χ3n) is 2.92. The van der Waals surface area contributed by atoms with Gasteiger partial charge in [-0.15, -0.1) is 11.3 Å². The van der Waals surface area contributed by atoms with Crippen LogP contribution in [-0.2, 0) is 22.3 Å². The van der Waals surface area contributed by atoms with E-state index in [9.17, 15) is 8.42 Å². The summed E-state index contributed by atoms with van der Waals surface area (Å²) in [5.74, 6) is 0.585. The summed E-state index contributed by atoms with van der Waals surface area (Å²) in [7, 11) is -3.48. The van der Waals surface area contributed by atoms with Crippen LogP contribution in [0.2, 0.25) is 0 Å². The Morgan fingerprint density at radius 2 is 2.00 bits per heavy atom. The van der Waals surface area contributed by atoms with Gasteiger partial charge in [0.1, 0.15) is 0 Å². The van der Waals surface area contributed by atoms with Gasteiger partial charge in [-0.05, 0) is 29.1 Å². The molecule has 3 rings (SSSR count). The molecule has 0 fully saturated rings. The summed E-state index contributed by atoms with van der Waals surface area (Å²) in [6.45, 7) is -0.0305. The van der Waals surface area contributed by atoms with E-state index >= 15 is 0 Å². The summed E-state index contributed by atoms with van der Waals surface area (Å²) in [5.41, 5.74) is 0.700. The van der Waals surface area contributed by atoms with Gasteiger partial charge < -0.3 is 4.52 Å². The van der Waals surface area contributed by atoms with Gasteiger partial charge in [0.25, 0.3) is 0 Å². The van der Waals surface area contributed by atoms with Crippen LogP contribution >= 0.6 is 27.3 Å². The van der Waals surface area contributed by atoms with Crippen molar-refractivity contribution in [3.05, 3.63) is 57.7 Å². The van der Waals surface area contributed by atoms with Gasteiger partial charge in [-0.25, -0.2) is 13.1 Å². The molecule has 0 bridgehead atoms. The van der Waals surface area contributed by atoms with E-state index < -0.39 is 10.0 Å². The summed E-state index contributed by atoms with van der Waals surface area (Å²) in [4.78, 5) is 5.05. The number of hydrogen-bond acceptors (Lipinski definition) is 6. The van der Waals surface area contributed by atoms with Crippen LogP contribution in [0.3, 0.4) is 0 Å². The van der Waals surface area contributed by atoms with Crippen LogP contribution < -0.4 is 4.72 Å². The summed E-state index contributed by atoms with van der Waals surface area (Å²) in [6, 6.07) is 10.9. The summed E-state index contributed by atoms with van der Waals surface area (Å²) < 4.78 is 32.6. The molecular formula is C14H12BrN3O3S2. The fraction of sp³-hybridized carbons (Fsp3) is 0.143. The minimum Gasteiger partial charge on any atom is -0.337 e. The van der Waals surface area contributed by atoms with Crippen molar-refractivity contribution < 1.29 is 12.9 Å². The monoisotopic (exact) mass is 413 g/mol. The third kappa shape index (κ3) is 4.47. The lowest BCUT2D eigenvalue weighted by atomic mass is 10.2. The quantitative estimate of drug-likeness (QED) is 0.670. The molecule has 0 aliphatic carbocycles. The molecule has 0 aliphatic heterocycles. The van der Waals surface area contributed by atoms with Crippen LogP contribution in [-0.4, -0.2) is 18.6 Å². The molecule has 0 saturated carbocycles. The van der Waals surface area contributed by atoms with Crippen molar-refractivity contribution in [3.63, 3.8) is 0 Å². The van der Waals surface area contributed by atoms with E-state index in [1.807, 2.05) is 17.5 Å². The number of rotatable bonds is 6. The maximum atomic E-state index is 12.1. The van der Waals surface area contributed by atoms with Crippen molar-refractivity contribution in [2.75, 3.05) is 0 Å². The lowest BCUT2D eigenvalue weighted by Crippen LogP contribution is -2.24. The van der Waals surface area contributed by atoms with Crippen LogP contribution in [0.15, 0.2) is 50.8 Å². The highest BCUT2D eigenvalue weighted by Gasteiger charge is 2.15. The number of thiophene rings is 1. The molecule has 3 aromatic rings. The van der Waals surface area contributed by atoms with Gasteiger partial charge in [0.05, 0.1) is 17.2 Å². The Labute approximate surface area is 145 Å². The number of sulfonamides is 1. The van der Waals surface area contributed by atoms with Crippen LogP contribution in [0.1, 0.15) is 11.5 Å². The highest BCUT2D eigenvalue weighted by Crippen LogP contribution is 2.21. The molecule has 6 nitrogen and oxygen atoms in total. The van der Waals surface area contributed by atoms with Crippen molar-refractivity contribution in [3.8, 4) is 10.7 Å². The predicted molar refractivity (Wildman–Crippen MR) is 91.2 cm³/mol. The van der Waals surface area contributed by atoms with Gasteiger partial charge in [0.15, 0.2) is 0 Å². The first-order chi connectivity index (χ1) is 11.0. The van der Waals surface area contributed by atoms with E-state index in [0.717, 1.165) is 9.35 Å². The molecule has 0 aliphatic rings. The van der Waals surface area contributed by atoms with Gasteiger partial charge in [0.2, 0.25) is 21.7 Å². The van der Waals surface area contributed by atoms with Gasteiger partial charge in [-0.1, -0.05) is 39.3 Å². The molecular weight excluding hydrogens is 402 g/mol. The Morgan fingerprint density at radius 1 is 1.22 bits per heavy atom. The first kappa shape index (κ1) is 16.3. The lowest BCUT2D eigenvalue weighted by Gasteiger charge is -2.04. The number of nitrogens with zero attached hydrogens (tertiary/aromatic N) is 2. The molecule has 0 atom stereocenters. The summed E-state index contributed by atoms with van der Waals surface area (Å²) >= 11 is 4.80. The largest absolute Gasteiger partial charge is 0.337 e. The van der Waals surface area contributed by atoms with E-state index in [1.54, 1.807) is 24.3 Å². The standard InChI is InChI=1S/C14H12BrN3O3S2/c15-11-5-3-10(4-6-11)9-23(19,20)16-8-13-17-14(18-21-13)12-2-1-7-22-12/h1-7,16H,8-9H2. The van der Waals surface area contributed by atoms with Gasteiger partial charge in [-0.3, -0.25) is 0 Å². The number of aromatic nitrogens is 2. The zero-order chi connectivity index (χ0) is 16.3. The zero-order valence-electron chi connectivity index (χ0n) is 11.8. The average molecular weight is 414 g/mol. The molecule has 120 valence electrons. The molecule has 23 heavy (non-hydrogen) atoms. The summed E-state index contributed by atoms with van der Waals surface area (Å²) in [6.07, 6.45) is 0. The van der Waals surface area contributed by atoms with E-state index in [2.05, 4.69) is 30.8 Å². The van der Waals surface area contributed by atoms with Gasteiger partial charge in [0, 0.05) is 4.47 Å². The van der Waals surface area contributed by atoms with Gasteiger partial charge >= 0.3 is 0 Å². The molecule has 0 radical (unpaired) electrons. The average Bonchev–Trinajstić information content (AvgIpc) is 3.18. The fourth-order valence-corrected chi connectivity index (χ4v) is 3.85. The summed E-state index contributed by atoms with van der Waals surface area (Å²) in [5, 5.41) is 5.75. The Kier molecular flexibility index (Phi) is 4.90. The SMILES string of the molecule is O=S(=O)(Cc1ccc(Br)cc1)NCc1nc(-c2cccs2)no1. The van der Waals surface area contributed by atoms with Crippen molar-refractivity contribution in [1.82, 2.24) is 14.9 Å². The van der Waals surface area contributed by atoms with Crippen LogP contribution in [0, 0.1) is 0 Å². The lowest BCUT2D eigenvalue weighted by molar-refractivity contribution is 0.376. The first-order valence-electron chi connectivity index (χ1n) is 6.60. The number of hydrogen-bond donors (Lipinski definition) is 1. The van der Waals surface area contributed by atoms with Crippen LogP contribution in [0.4, 0.5) is 0 Å². The first-order valence-corrected chi connectivity index (χ1v) is 9.92. The normalized spacial score (nSPS) is 11.7. The molecule has 2 aromatic heterocycles. The second-order valence-electron chi connectivity index (χ2n) is 4.70. The van der Waals surface area contributed by atoms with E-state index in [-0.39, 0.29) is 18.2 Å². The van der Waals surface area contributed by atoms with Crippen LogP contribution in [0.5, 0.6) is 0 Å². The number of halogens is 1. The topological polar surface area (TPSA) is 85.1 Å². The minimum atomic E-state index is -3.48. The second-order valence-corrected chi connectivity index (χ2v) is 8.37. The van der Waals surface area contributed by atoms with E-state index in [1.165, 1.54) is 11.3 Å². The minimum absolute atomic E-state index is 0.0305. The van der Waals surface area contributed by atoms with Crippen molar-refractivity contribution in [2.24, 2.45) is 0 Å². The predicted octanol–water partition coefficient (Wildman–Crippen LogP) is 3.18. The third-order valence-corrected chi connectivity index (χ3v) is 5.61. The maximum absolute atomic E-state index is 12.1. The van der Waals surface area contributed by atoms with E-state index in [4.69, 9.17) is 4.52 Å². The molecule has 0 unspecified atom stereocenters. The van der Waals surface area contributed by atoms with Crippen molar-refractivity contribution in [1.29, 1.82) is 0 Å².